The second kappa shape index (κ2) is 9.41. The van der Waals surface area contributed by atoms with Crippen molar-refractivity contribution in [1.82, 2.24) is 9.80 Å². The van der Waals surface area contributed by atoms with Gasteiger partial charge in [-0.05, 0) is 56.5 Å². The molecule has 0 spiro atoms. The Morgan fingerprint density at radius 2 is 1.85 bits per heavy atom. The summed E-state index contributed by atoms with van der Waals surface area (Å²) in [5.41, 5.74) is 6.77. The summed E-state index contributed by atoms with van der Waals surface area (Å²) >= 11 is 12.1. The van der Waals surface area contributed by atoms with E-state index in [1.807, 2.05) is 11.0 Å². The molecule has 1 aliphatic carbocycles. The molecule has 0 aromatic heterocycles. The standard InChI is InChI=1S/C20H29Cl2N3O/c21-16-8-7-15(13-17(16)22)14-20(26)25(12-9-23)19-6-2-1-5-18(19)24-10-3-4-11-24/h7-8,13,18-19H,1-6,9-12,14,23H2/t18-,19-/m1/s1. The summed E-state index contributed by atoms with van der Waals surface area (Å²) < 4.78 is 0. The molecule has 2 fully saturated rings. The number of halogens is 2. The summed E-state index contributed by atoms with van der Waals surface area (Å²) in [6.07, 6.45) is 7.61. The van der Waals surface area contributed by atoms with Crippen molar-refractivity contribution < 1.29 is 4.79 Å². The van der Waals surface area contributed by atoms with Crippen molar-refractivity contribution in [1.29, 1.82) is 0 Å². The van der Waals surface area contributed by atoms with Crippen molar-refractivity contribution in [2.45, 2.75) is 57.0 Å². The molecule has 2 atom stereocenters. The minimum absolute atomic E-state index is 0.143. The van der Waals surface area contributed by atoms with Crippen LogP contribution in [0.3, 0.4) is 0 Å². The highest BCUT2D eigenvalue weighted by molar-refractivity contribution is 6.42. The number of carbonyl (C=O) groups excluding carboxylic acids is 1. The number of likely N-dealkylation sites (tertiary alicyclic amines) is 1. The molecule has 144 valence electrons. The van der Waals surface area contributed by atoms with Crippen molar-refractivity contribution in [3.63, 3.8) is 0 Å². The Hall–Kier alpha value is -0.810. The van der Waals surface area contributed by atoms with E-state index in [0.29, 0.717) is 35.6 Å². The van der Waals surface area contributed by atoms with E-state index in [2.05, 4.69) is 4.90 Å². The van der Waals surface area contributed by atoms with Crippen LogP contribution in [0.25, 0.3) is 0 Å². The molecule has 26 heavy (non-hydrogen) atoms. The minimum atomic E-state index is 0.143. The van der Waals surface area contributed by atoms with Crippen LogP contribution < -0.4 is 5.73 Å². The first kappa shape index (κ1) is 19.9. The molecule has 1 aromatic carbocycles. The van der Waals surface area contributed by atoms with Crippen LogP contribution in [0.5, 0.6) is 0 Å². The van der Waals surface area contributed by atoms with Crippen LogP contribution >= 0.6 is 23.2 Å². The van der Waals surface area contributed by atoms with E-state index >= 15 is 0 Å². The van der Waals surface area contributed by atoms with Crippen molar-refractivity contribution in [2.75, 3.05) is 26.2 Å². The monoisotopic (exact) mass is 397 g/mol. The van der Waals surface area contributed by atoms with Gasteiger partial charge in [0.15, 0.2) is 0 Å². The zero-order valence-electron chi connectivity index (χ0n) is 15.3. The Bertz CT molecular complexity index is 619. The molecule has 0 radical (unpaired) electrons. The topological polar surface area (TPSA) is 49.6 Å². The highest BCUT2D eigenvalue weighted by Gasteiger charge is 2.36. The molecule has 1 aromatic rings. The lowest BCUT2D eigenvalue weighted by Crippen LogP contribution is -2.55. The number of carbonyl (C=O) groups is 1. The fourth-order valence-electron chi connectivity index (χ4n) is 4.49. The van der Waals surface area contributed by atoms with Gasteiger partial charge in [0.05, 0.1) is 16.5 Å². The minimum Gasteiger partial charge on any atom is -0.337 e. The lowest BCUT2D eigenvalue weighted by molar-refractivity contribution is -0.135. The molecular weight excluding hydrogens is 369 g/mol. The SMILES string of the molecule is NCCN(C(=O)Cc1ccc(Cl)c(Cl)c1)[C@@H]1CCCC[C@H]1N1CCCC1. The van der Waals surface area contributed by atoms with Gasteiger partial charge >= 0.3 is 0 Å². The fourth-order valence-corrected chi connectivity index (χ4v) is 4.82. The summed E-state index contributed by atoms with van der Waals surface area (Å²) in [6.45, 7) is 3.45. The van der Waals surface area contributed by atoms with Gasteiger partial charge in [0.25, 0.3) is 0 Å². The first-order valence-electron chi connectivity index (χ1n) is 9.77. The van der Waals surface area contributed by atoms with Gasteiger partial charge in [-0.25, -0.2) is 0 Å². The molecule has 2 N–H and O–H groups in total. The van der Waals surface area contributed by atoms with Crippen LogP contribution in [-0.4, -0.2) is 54.0 Å². The number of amides is 1. The second-order valence-corrected chi connectivity index (χ2v) is 8.28. The van der Waals surface area contributed by atoms with E-state index in [0.717, 1.165) is 12.0 Å². The Balaban J connectivity index is 1.75. The van der Waals surface area contributed by atoms with Crippen molar-refractivity contribution in [3.8, 4) is 0 Å². The molecule has 4 nitrogen and oxygen atoms in total. The smallest absolute Gasteiger partial charge is 0.227 e. The quantitative estimate of drug-likeness (QED) is 0.795. The van der Waals surface area contributed by atoms with E-state index < -0.39 is 0 Å². The van der Waals surface area contributed by atoms with Crippen LogP contribution in [0.2, 0.25) is 10.0 Å². The normalized spacial score (nSPS) is 24.0. The van der Waals surface area contributed by atoms with Gasteiger partial charge in [-0.3, -0.25) is 9.69 Å². The lowest BCUT2D eigenvalue weighted by atomic mass is 9.87. The van der Waals surface area contributed by atoms with Crippen LogP contribution in [0.1, 0.15) is 44.1 Å². The summed E-state index contributed by atoms with van der Waals surface area (Å²) in [7, 11) is 0. The van der Waals surface area contributed by atoms with Crippen LogP contribution in [0.15, 0.2) is 18.2 Å². The van der Waals surface area contributed by atoms with Crippen LogP contribution in [-0.2, 0) is 11.2 Å². The van der Waals surface area contributed by atoms with Crippen LogP contribution in [0.4, 0.5) is 0 Å². The molecule has 1 saturated carbocycles. The number of rotatable bonds is 6. The summed E-state index contributed by atoms with van der Waals surface area (Å²) in [5, 5.41) is 1.01. The first-order valence-corrected chi connectivity index (χ1v) is 10.5. The molecule has 3 rings (SSSR count). The van der Waals surface area contributed by atoms with Crippen molar-refractivity contribution >= 4 is 29.1 Å². The molecule has 1 saturated heterocycles. The summed E-state index contributed by atoms with van der Waals surface area (Å²) in [4.78, 5) is 17.8. The molecule has 0 unspecified atom stereocenters. The maximum atomic E-state index is 13.1. The molecule has 2 aliphatic rings. The molecule has 0 bridgehead atoms. The number of hydrogen-bond acceptors (Lipinski definition) is 3. The lowest BCUT2D eigenvalue weighted by Gasteiger charge is -2.44. The Morgan fingerprint density at radius 3 is 2.54 bits per heavy atom. The van der Waals surface area contributed by atoms with E-state index in [4.69, 9.17) is 28.9 Å². The van der Waals surface area contributed by atoms with Crippen LogP contribution in [0, 0.1) is 0 Å². The van der Waals surface area contributed by atoms with Gasteiger partial charge < -0.3 is 10.6 Å². The van der Waals surface area contributed by atoms with Gasteiger partial charge in [-0.1, -0.05) is 42.1 Å². The van der Waals surface area contributed by atoms with E-state index in [1.165, 1.54) is 45.2 Å². The third-order valence-corrected chi connectivity index (χ3v) is 6.47. The van der Waals surface area contributed by atoms with Gasteiger partial charge in [-0.15, -0.1) is 0 Å². The van der Waals surface area contributed by atoms with Gasteiger partial charge in [0, 0.05) is 25.2 Å². The number of hydrogen-bond donors (Lipinski definition) is 1. The average molecular weight is 398 g/mol. The summed E-state index contributed by atoms with van der Waals surface area (Å²) in [5.74, 6) is 0.143. The average Bonchev–Trinajstić information content (AvgIpc) is 3.17. The maximum Gasteiger partial charge on any atom is 0.227 e. The second-order valence-electron chi connectivity index (χ2n) is 7.46. The molecule has 1 amide bonds. The van der Waals surface area contributed by atoms with E-state index in [1.54, 1.807) is 12.1 Å². The molecule has 1 aliphatic heterocycles. The zero-order chi connectivity index (χ0) is 18.5. The van der Waals surface area contributed by atoms with Crippen molar-refractivity contribution in [3.05, 3.63) is 33.8 Å². The third kappa shape index (κ3) is 4.72. The Kier molecular flexibility index (Phi) is 7.21. The number of benzene rings is 1. The Morgan fingerprint density at radius 1 is 1.12 bits per heavy atom. The highest BCUT2D eigenvalue weighted by Crippen LogP contribution is 2.30. The molecule has 1 heterocycles. The van der Waals surface area contributed by atoms with Gasteiger partial charge in [0.1, 0.15) is 0 Å². The van der Waals surface area contributed by atoms with E-state index in [9.17, 15) is 4.79 Å². The molecular formula is C20H29Cl2N3O. The maximum absolute atomic E-state index is 13.1. The molecule has 6 heteroatoms. The first-order chi connectivity index (χ1) is 12.6. The number of nitrogens with two attached hydrogens (primary N) is 1. The van der Waals surface area contributed by atoms with Gasteiger partial charge in [0.2, 0.25) is 5.91 Å². The third-order valence-electron chi connectivity index (χ3n) is 5.73. The highest BCUT2D eigenvalue weighted by atomic mass is 35.5. The predicted molar refractivity (Wildman–Crippen MR) is 108 cm³/mol. The predicted octanol–water partition coefficient (Wildman–Crippen LogP) is 3.73. The Labute approximate surface area is 166 Å². The largest absolute Gasteiger partial charge is 0.337 e. The van der Waals surface area contributed by atoms with Crippen molar-refractivity contribution in [2.24, 2.45) is 5.73 Å². The van der Waals surface area contributed by atoms with E-state index in [-0.39, 0.29) is 11.9 Å². The fraction of sp³-hybridized carbons (Fsp3) is 0.650. The zero-order valence-corrected chi connectivity index (χ0v) is 16.8. The number of nitrogens with zero attached hydrogens (tertiary/aromatic N) is 2. The summed E-state index contributed by atoms with van der Waals surface area (Å²) in [6, 6.07) is 6.19. The van der Waals surface area contributed by atoms with Gasteiger partial charge in [-0.2, -0.15) is 0 Å².